The first-order valence-electron chi connectivity index (χ1n) is 6.20. The highest BCUT2D eigenvalue weighted by Gasteiger charge is 2.20. The highest BCUT2D eigenvalue weighted by Crippen LogP contribution is 2.33. The van der Waals surface area contributed by atoms with E-state index in [0.29, 0.717) is 6.54 Å². The van der Waals surface area contributed by atoms with Gasteiger partial charge >= 0.3 is 0 Å². The molecule has 1 N–H and O–H groups in total. The van der Waals surface area contributed by atoms with Crippen molar-refractivity contribution in [1.82, 2.24) is 4.90 Å². The zero-order valence-corrected chi connectivity index (χ0v) is 11.9. The van der Waals surface area contributed by atoms with Crippen LogP contribution in [0.2, 0.25) is 5.02 Å². The van der Waals surface area contributed by atoms with Gasteiger partial charge in [-0.3, -0.25) is 4.90 Å². The van der Waals surface area contributed by atoms with Crippen LogP contribution < -0.4 is 4.74 Å². The summed E-state index contributed by atoms with van der Waals surface area (Å²) < 4.78 is 5.67. The van der Waals surface area contributed by atoms with Crippen LogP contribution in [0.15, 0.2) is 12.1 Å². The van der Waals surface area contributed by atoms with Crippen LogP contribution in [0.4, 0.5) is 0 Å². The predicted octanol–water partition coefficient (Wildman–Crippen LogP) is 2.48. The summed E-state index contributed by atoms with van der Waals surface area (Å²) in [6.45, 7) is 5.68. The van der Waals surface area contributed by atoms with Crippen molar-refractivity contribution in [1.29, 1.82) is 0 Å². The molecule has 0 unspecified atom stereocenters. The maximum atomic E-state index is 9.82. The zero-order chi connectivity index (χ0) is 13.3. The molecular formula is C14H20ClNO2. The molecule has 0 saturated carbocycles. The van der Waals surface area contributed by atoms with Crippen molar-refractivity contribution in [3.05, 3.63) is 28.3 Å². The normalized spacial score (nSPS) is 14.8. The minimum absolute atomic E-state index is 0.605. The van der Waals surface area contributed by atoms with Crippen LogP contribution in [0.5, 0.6) is 5.75 Å². The average molecular weight is 270 g/mol. The molecule has 18 heavy (non-hydrogen) atoms. The number of hydrogen-bond donors (Lipinski definition) is 1. The van der Waals surface area contributed by atoms with Gasteiger partial charge in [0.25, 0.3) is 0 Å². The molecule has 0 amide bonds. The number of nitrogens with zero attached hydrogens (tertiary/aromatic N) is 1. The molecule has 0 atom stereocenters. The van der Waals surface area contributed by atoms with Crippen molar-refractivity contribution in [2.75, 3.05) is 20.2 Å². The average Bonchev–Trinajstić information content (AvgIpc) is 2.61. The second kappa shape index (κ2) is 5.08. The van der Waals surface area contributed by atoms with E-state index in [1.165, 1.54) is 5.56 Å². The fourth-order valence-electron chi connectivity index (χ4n) is 2.47. The van der Waals surface area contributed by atoms with Gasteiger partial charge in [-0.1, -0.05) is 11.6 Å². The molecule has 0 aromatic heterocycles. The summed E-state index contributed by atoms with van der Waals surface area (Å²) in [4.78, 5) is 2.08. The summed E-state index contributed by atoms with van der Waals surface area (Å²) in [7, 11) is 1.99. The van der Waals surface area contributed by atoms with Crippen molar-refractivity contribution in [2.24, 2.45) is 0 Å². The lowest BCUT2D eigenvalue weighted by molar-refractivity contribution is 0.0423. The van der Waals surface area contributed by atoms with Crippen molar-refractivity contribution >= 4 is 11.6 Å². The molecular weight excluding hydrogens is 250 g/mol. The molecule has 0 aliphatic carbocycles. The summed E-state index contributed by atoms with van der Waals surface area (Å²) in [5.74, 6) is 0.974. The van der Waals surface area contributed by atoms with Gasteiger partial charge in [-0.25, -0.2) is 0 Å². The fourth-order valence-corrected chi connectivity index (χ4v) is 2.73. The van der Waals surface area contributed by atoms with E-state index in [1.807, 2.05) is 33.0 Å². The van der Waals surface area contributed by atoms with Crippen molar-refractivity contribution < 1.29 is 9.84 Å². The second-order valence-corrected chi connectivity index (χ2v) is 6.07. The third kappa shape index (κ3) is 3.37. The maximum absolute atomic E-state index is 9.82. The molecule has 3 nitrogen and oxygen atoms in total. The van der Waals surface area contributed by atoms with Crippen LogP contribution in [0.1, 0.15) is 25.0 Å². The first-order valence-corrected chi connectivity index (χ1v) is 6.58. The maximum Gasteiger partial charge on any atom is 0.127 e. The quantitative estimate of drug-likeness (QED) is 0.912. The number of likely N-dealkylation sites (N-methyl/N-ethyl adjacent to an activating group) is 1. The molecule has 1 aromatic carbocycles. The SMILES string of the molecule is CN(Cc1cc(Cl)cc2c1OCC2)CC(C)(C)O. The number of ether oxygens (including phenoxy) is 1. The standard InChI is InChI=1S/C14H20ClNO2/c1-14(2,17)9-16(3)8-11-7-12(15)6-10-4-5-18-13(10)11/h6-7,17H,4-5,8-9H2,1-3H3. The molecule has 0 fully saturated rings. The van der Waals surface area contributed by atoms with Gasteiger partial charge in [-0.15, -0.1) is 0 Å². The first kappa shape index (κ1) is 13.7. The Labute approximate surface area is 113 Å². The van der Waals surface area contributed by atoms with Gasteiger partial charge in [0, 0.05) is 30.1 Å². The number of benzene rings is 1. The van der Waals surface area contributed by atoms with Crippen LogP contribution in [0.3, 0.4) is 0 Å². The first-order chi connectivity index (χ1) is 8.35. The fraction of sp³-hybridized carbons (Fsp3) is 0.571. The molecule has 0 radical (unpaired) electrons. The van der Waals surface area contributed by atoms with E-state index in [-0.39, 0.29) is 0 Å². The summed E-state index contributed by atoms with van der Waals surface area (Å²) >= 11 is 6.12. The summed E-state index contributed by atoms with van der Waals surface area (Å²) in [5, 5.41) is 10.6. The van der Waals surface area contributed by atoms with Crippen LogP contribution in [-0.4, -0.2) is 35.8 Å². The van der Waals surface area contributed by atoms with Gasteiger partial charge in [0.15, 0.2) is 0 Å². The highest BCUT2D eigenvalue weighted by atomic mass is 35.5. The molecule has 100 valence electrons. The van der Waals surface area contributed by atoms with E-state index in [4.69, 9.17) is 16.3 Å². The molecule has 1 aliphatic heterocycles. The van der Waals surface area contributed by atoms with Crippen molar-refractivity contribution in [2.45, 2.75) is 32.4 Å². The van der Waals surface area contributed by atoms with E-state index >= 15 is 0 Å². The van der Waals surface area contributed by atoms with E-state index < -0.39 is 5.60 Å². The molecule has 2 rings (SSSR count). The van der Waals surface area contributed by atoms with Gasteiger partial charge < -0.3 is 9.84 Å². The number of fused-ring (bicyclic) bond motifs is 1. The molecule has 1 aromatic rings. The topological polar surface area (TPSA) is 32.7 Å². The number of rotatable bonds is 4. The molecule has 1 heterocycles. The van der Waals surface area contributed by atoms with E-state index in [0.717, 1.165) is 35.9 Å². The lowest BCUT2D eigenvalue weighted by Gasteiger charge is -2.26. The van der Waals surface area contributed by atoms with Gasteiger partial charge in [0.2, 0.25) is 0 Å². The largest absolute Gasteiger partial charge is 0.493 e. The van der Waals surface area contributed by atoms with Gasteiger partial charge in [-0.2, -0.15) is 0 Å². The molecule has 1 aliphatic rings. The minimum atomic E-state index is -0.697. The Morgan fingerprint density at radius 1 is 1.44 bits per heavy atom. The Morgan fingerprint density at radius 2 is 2.17 bits per heavy atom. The van der Waals surface area contributed by atoms with Crippen LogP contribution >= 0.6 is 11.6 Å². The van der Waals surface area contributed by atoms with Gasteiger partial charge in [-0.05, 0) is 38.6 Å². The Hall–Kier alpha value is -0.770. The van der Waals surface area contributed by atoms with E-state index in [1.54, 1.807) is 0 Å². The zero-order valence-electron chi connectivity index (χ0n) is 11.2. The van der Waals surface area contributed by atoms with Gasteiger partial charge in [0.1, 0.15) is 5.75 Å². The monoisotopic (exact) mass is 269 g/mol. The number of hydrogen-bond acceptors (Lipinski definition) is 3. The van der Waals surface area contributed by atoms with E-state index in [9.17, 15) is 5.11 Å². The lowest BCUT2D eigenvalue weighted by atomic mass is 10.1. The Morgan fingerprint density at radius 3 is 2.83 bits per heavy atom. The highest BCUT2D eigenvalue weighted by molar-refractivity contribution is 6.30. The third-order valence-corrected chi connectivity index (χ3v) is 3.14. The van der Waals surface area contributed by atoms with Crippen LogP contribution in [0.25, 0.3) is 0 Å². The predicted molar refractivity (Wildman–Crippen MR) is 73.3 cm³/mol. The Balaban J connectivity index is 2.14. The minimum Gasteiger partial charge on any atom is -0.493 e. The van der Waals surface area contributed by atoms with Crippen LogP contribution in [0, 0.1) is 0 Å². The molecule has 0 saturated heterocycles. The summed E-state index contributed by atoms with van der Waals surface area (Å²) in [5.41, 5.74) is 1.59. The third-order valence-electron chi connectivity index (χ3n) is 2.92. The Kier molecular flexibility index (Phi) is 3.85. The summed E-state index contributed by atoms with van der Waals surface area (Å²) in [6, 6.07) is 3.93. The van der Waals surface area contributed by atoms with Crippen molar-refractivity contribution in [3.63, 3.8) is 0 Å². The lowest BCUT2D eigenvalue weighted by Crippen LogP contribution is -2.35. The van der Waals surface area contributed by atoms with Crippen molar-refractivity contribution in [3.8, 4) is 5.75 Å². The van der Waals surface area contributed by atoms with Gasteiger partial charge in [0.05, 0.1) is 12.2 Å². The number of halogens is 1. The molecule has 4 heteroatoms. The number of aliphatic hydroxyl groups is 1. The summed E-state index contributed by atoms with van der Waals surface area (Å²) in [6.07, 6.45) is 0.929. The second-order valence-electron chi connectivity index (χ2n) is 5.64. The molecule has 0 bridgehead atoms. The van der Waals surface area contributed by atoms with Crippen LogP contribution in [-0.2, 0) is 13.0 Å². The molecule has 0 spiro atoms. The Bertz CT molecular complexity index is 440. The smallest absolute Gasteiger partial charge is 0.127 e. The van der Waals surface area contributed by atoms with E-state index in [2.05, 4.69) is 4.90 Å².